The monoisotopic (exact) mass is 233 g/mol. The molecule has 9 heteroatoms. The smallest absolute Gasteiger partial charge is 0.394 e. The van der Waals surface area contributed by atoms with E-state index in [9.17, 15) is 4.79 Å². The van der Waals surface area contributed by atoms with Crippen LogP contribution in [0, 0.1) is 0 Å². The Kier molecular flexibility index (Phi) is 12.0. The number of hydrogen-bond donors (Lipinski definition) is 3. The molecule has 0 aliphatic rings. The van der Waals surface area contributed by atoms with E-state index < -0.39 is 10.4 Å². The van der Waals surface area contributed by atoms with Crippen molar-refractivity contribution in [3.05, 3.63) is 0 Å². The van der Waals surface area contributed by atoms with Crippen molar-refractivity contribution in [1.82, 2.24) is 0 Å². The first-order chi connectivity index (χ1) is 5.66. The first-order valence-corrected chi connectivity index (χ1v) is 4.66. The van der Waals surface area contributed by atoms with Crippen LogP contribution in [0.2, 0.25) is 0 Å². The molecule has 0 aromatic rings. The second-order valence-electron chi connectivity index (χ2n) is 2.19. The number of carbonyl (C=O) groups excluding carboxylic acids is 1. The zero-order valence-electron chi connectivity index (χ0n) is 7.80. The molecule has 0 aliphatic carbocycles. The maximum atomic E-state index is 10.3. The van der Waals surface area contributed by atoms with Gasteiger partial charge in [0.1, 0.15) is 0 Å². The summed E-state index contributed by atoms with van der Waals surface area (Å²) in [6.45, 7) is 3.54. The van der Waals surface area contributed by atoms with Gasteiger partial charge in [-0.2, -0.15) is 8.42 Å². The molecule has 8 nitrogen and oxygen atoms in total. The van der Waals surface area contributed by atoms with E-state index in [1.807, 2.05) is 0 Å². The number of ether oxygens (including phenoxy) is 1. The Morgan fingerprint density at radius 3 is 1.79 bits per heavy atom. The maximum absolute atomic E-state index is 10.3. The molecule has 0 radical (unpaired) electrons. The zero-order valence-corrected chi connectivity index (χ0v) is 8.61. The van der Waals surface area contributed by atoms with E-state index in [1.165, 1.54) is 0 Å². The number of hydrogen-bond acceptors (Lipinski definition) is 5. The van der Waals surface area contributed by atoms with Gasteiger partial charge in [0.15, 0.2) is 0 Å². The van der Waals surface area contributed by atoms with Gasteiger partial charge >= 0.3 is 16.4 Å². The van der Waals surface area contributed by atoms with Gasteiger partial charge in [-0.3, -0.25) is 13.9 Å². The molecular formula is C5H15NO7S. The predicted octanol–water partition coefficient (Wildman–Crippen LogP) is -1.58. The first-order valence-electron chi connectivity index (χ1n) is 3.26. The van der Waals surface area contributed by atoms with Crippen LogP contribution in [0.1, 0.15) is 13.8 Å². The van der Waals surface area contributed by atoms with Gasteiger partial charge in [0, 0.05) is 0 Å². The summed E-state index contributed by atoms with van der Waals surface area (Å²) in [6, 6.07) is 0. The van der Waals surface area contributed by atoms with Crippen molar-refractivity contribution in [1.29, 1.82) is 0 Å². The molecule has 0 atom stereocenters. The fourth-order valence-electron chi connectivity index (χ4n) is 0.311. The molecule has 0 unspecified atom stereocenters. The van der Waals surface area contributed by atoms with Gasteiger partial charge < -0.3 is 15.9 Å². The van der Waals surface area contributed by atoms with E-state index in [-0.39, 0.29) is 24.1 Å². The molecule has 0 heterocycles. The second kappa shape index (κ2) is 8.84. The van der Waals surface area contributed by atoms with E-state index in [2.05, 4.69) is 4.74 Å². The van der Waals surface area contributed by atoms with Crippen LogP contribution >= 0.6 is 0 Å². The quantitative estimate of drug-likeness (QED) is 0.383. The van der Waals surface area contributed by atoms with E-state index in [0.717, 1.165) is 0 Å². The van der Waals surface area contributed by atoms with Crippen LogP contribution in [0.15, 0.2) is 0 Å². The Labute approximate surface area is 81.9 Å². The summed E-state index contributed by atoms with van der Waals surface area (Å²) in [5, 5.41) is 0. The van der Waals surface area contributed by atoms with Crippen LogP contribution in [0.3, 0.4) is 0 Å². The zero-order chi connectivity index (χ0) is 11.1. The third-order valence-electron chi connectivity index (χ3n) is 0.534. The molecular weight excluding hydrogens is 218 g/mol. The molecule has 0 spiro atoms. The highest BCUT2D eigenvalue weighted by Gasteiger charge is 1.99. The summed E-state index contributed by atoms with van der Waals surface area (Å²) in [7, 11) is -4.67. The van der Waals surface area contributed by atoms with Crippen LogP contribution in [-0.2, 0) is 19.9 Å². The maximum Gasteiger partial charge on any atom is 0.394 e. The number of esters is 1. The molecule has 0 fully saturated rings. The highest BCUT2D eigenvalue weighted by Crippen LogP contribution is 1.85. The summed E-state index contributed by atoms with van der Waals surface area (Å²) in [6.07, 6.45) is -0.0500. The topological polar surface area (TPSA) is 158 Å². The lowest BCUT2D eigenvalue weighted by atomic mass is 10.5. The van der Waals surface area contributed by atoms with Gasteiger partial charge in [0.05, 0.1) is 12.6 Å². The number of carbonyl (C=O) groups is 1. The van der Waals surface area contributed by atoms with Crippen molar-refractivity contribution in [2.45, 2.75) is 20.0 Å². The molecule has 0 saturated heterocycles. The number of nitrogens with two attached hydrogens (primary N) is 1. The minimum Gasteiger partial charge on any atom is -0.462 e. The van der Waals surface area contributed by atoms with E-state index in [1.54, 1.807) is 13.8 Å². The van der Waals surface area contributed by atoms with Gasteiger partial charge in [-0.25, -0.2) is 0 Å². The summed E-state index contributed by atoms with van der Waals surface area (Å²) in [5.74, 6) is -0.347. The molecule has 0 aromatic heterocycles. The van der Waals surface area contributed by atoms with Crippen molar-refractivity contribution < 1.29 is 32.5 Å². The summed E-state index contributed by atoms with van der Waals surface area (Å²) >= 11 is 0. The van der Waals surface area contributed by atoms with Gasteiger partial charge in [0.2, 0.25) is 0 Å². The molecule has 0 saturated carbocycles. The average Bonchev–Trinajstić information content (AvgIpc) is 1.82. The second-order valence-corrected chi connectivity index (χ2v) is 3.09. The average molecular weight is 233 g/mol. The third-order valence-corrected chi connectivity index (χ3v) is 0.534. The molecule has 0 rings (SSSR count). The van der Waals surface area contributed by atoms with Crippen molar-refractivity contribution in [3.8, 4) is 0 Å². The van der Waals surface area contributed by atoms with Crippen LogP contribution in [0.4, 0.5) is 0 Å². The van der Waals surface area contributed by atoms with Gasteiger partial charge in [-0.1, -0.05) is 0 Å². The van der Waals surface area contributed by atoms with Crippen LogP contribution < -0.4 is 5.73 Å². The third kappa shape index (κ3) is 42.8. The molecule has 0 amide bonds. The first kappa shape index (κ1) is 18.9. The minimum absolute atomic E-state index is 0. The van der Waals surface area contributed by atoms with E-state index in [4.69, 9.17) is 23.3 Å². The molecule has 14 heavy (non-hydrogen) atoms. The highest BCUT2D eigenvalue weighted by atomic mass is 32.3. The van der Waals surface area contributed by atoms with E-state index >= 15 is 0 Å². The van der Waals surface area contributed by atoms with Crippen molar-refractivity contribution in [2.75, 3.05) is 6.54 Å². The summed E-state index contributed by atoms with van der Waals surface area (Å²) in [4.78, 5) is 10.3. The minimum atomic E-state index is -4.67. The Balaban J connectivity index is -0.000000177. The van der Waals surface area contributed by atoms with Crippen molar-refractivity contribution in [3.63, 3.8) is 0 Å². The van der Waals surface area contributed by atoms with Gasteiger partial charge in [0.25, 0.3) is 0 Å². The van der Waals surface area contributed by atoms with Crippen LogP contribution in [0.25, 0.3) is 0 Å². The van der Waals surface area contributed by atoms with Gasteiger partial charge in [-0.05, 0) is 13.8 Å². The Morgan fingerprint density at radius 1 is 1.43 bits per heavy atom. The van der Waals surface area contributed by atoms with Crippen LogP contribution in [-0.4, -0.2) is 41.6 Å². The van der Waals surface area contributed by atoms with E-state index in [0.29, 0.717) is 0 Å². The van der Waals surface area contributed by atoms with Gasteiger partial charge in [-0.15, -0.1) is 0 Å². The Hall–Kier alpha value is -0.740. The highest BCUT2D eigenvalue weighted by molar-refractivity contribution is 7.79. The fraction of sp³-hybridized carbons (Fsp3) is 0.800. The van der Waals surface area contributed by atoms with Crippen molar-refractivity contribution >= 4 is 16.4 Å². The normalized spacial score (nSPS) is 9.57. The lowest BCUT2D eigenvalue weighted by Crippen LogP contribution is -2.20. The number of rotatable bonds is 2. The molecule has 0 bridgehead atoms. The summed E-state index contributed by atoms with van der Waals surface area (Å²) < 4.78 is 36.2. The van der Waals surface area contributed by atoms with Crippen LogP contribution in [0.5, 0.6) is 0 Å². The molecule has 88 valence electrons. The Bertz CT molecular complexity index is 226. The Morgan fingerprint density at radius 2 is 1.71 bits per heavy atom. The molecule has 0 aliphatic heterocycles. The lowest BCUT2D eigenvalue weighted by Gasteiger charge is -2.04. The lowest BCUT2D eigenvalue weighted by molar-refractivity contribution is -0.145. The largest absolute Gasteiger partial charge is 0.462 e. The van der Waals surface area contributed by atoms with Crippen molar-refractivity contribution in [2.24, 2.45) is 5.73 Å². The predicted molar refractivity (Wildman–Crippen MR) is 48.1 cm³/mol. The SMILES string of the molecule is CC(C)OC(=O)CN.O.O=S(=O)(O)O. The standard InChI is InChI=1S/C5H11NO2.H2O4S.H2O/c1-4(2)8-5(7)3-6;1-5(2,3)4;/h4H,3,6H2,1-2H3;(H2,1,2,3,4);1H2. The molecule has 6 N–H and O–H groups in total. The fourth-order valence-corrected chi connectivity index (χ4v) is 0.311. The molecule has 0 aromatic carbocycles. The summed E-state index contributed by atoms with van der Waals surface area (Å²) in [5.41, 5.74) is 4.95.